The van der Waals surface area contributed by atoms with Gasteiger partial charge in [-0.1, -0.05) is 78.7 Å². The molecule has 0 spiro atoms. The van der Waals surface area contributed by atoms with E-state index in [4.69, 9.17) is 12.2 Å². The Hall–Kier alpha value is -3.01. The van der Waals surface area contributed by atoms with Gasteiger partial charge >= 0.3 is 0 Å². The molecule has 64 heavy (non-hydrogen) atoms. The lowest BCUT2D eigenvalue weighted by Gasteiger charge is -2.59. The van der Waals surface area contributed by atoms with Gasteiger partial charge in [-0.3, -0.25) is 19.2 Å². The van der Waals surface area contributed by atoms with E-state index in [2.05, 4.69) is 6.92 Å². The molecule has 0 bridgehead atoms. The zero-order valence-electron chi connectivity index (χ0n) is 39.7. The standard InChI is InChI=1S/C25H34O6.C21H28O6.C4H8O.CH4/c1-4-5-21-30-20-11-17-16-7-6-14-10-15(27)8-9-23(14,2)22(16)18(28)12-24(17,3)25(20,31-21)19(29)13-26;1-19-6-5-12(23)7-11(19)3-4-13-14-8-16(25)21(27,17(26)10-22)20(14,2)9-15(24)18(13)19;1-2-3-4-5;/h8-10,16-18,20-22,26,28H,4-7,11-13H2,1-3H3;5-7,13-16,18,22,24-25,27H,3-4,8-10H2,1-2H3;4H,2-3H2,1H3;1H4/t16-,17-,18-,20+,21+,22+,23-,24-,25+;13-,14-,15-,16+,18+,19-,20-,21-;;/m00../s1/i21D;;4D;. The molecule has 6 N–H and O–H groups in total. The van der Waals surface area contributed by atoms with Crippen LogP contribution in [0.25, 0.3) is 0 Å². The smallest absolute Gasteiger partial charge is 0.193 e. The number of carbonyl (C=O) groups is 5. The van der Waals surface area contributed by atoms with E-state index in [0.717, 1.165) is 43.3 Å². The molecule has 0 aromatic rings. The van der Waals surface area contributed by atoms with Gasteiger partial charge in [-0.05, 0) is 112 Å². The summed E-state index contributed by atoms with van der Waals surface area (Å²) in [5.74, 6) is -1.44. The maximum atomic E-state index is 13.3. The minimum absolute atomic E-state index is 0. The van der Waals surface area contributed by atoms with Crippen molar-refractivity contribution >= 4 is 29.4 Å². The second-order valence-electron chi connectivity index (χ2n) is 20.8. The third-order valence-corrected chi connectivity index (χ3v) is 17.9. The number of Topliss-reactive ketones (excluding diaryl/α,β-unsaturated/α-hetero) is 2. The Kier molecular flexibility index (Phi) is 13.5. The Morgan fingerprint density at radius 2 is 1.31 bits per heavy atom. The quantitative estimate of drug-likeness (QED) is 0.179. The van der Waals surface area contributed by atoms with Gasteiger partial charge in [0.05, 0.1) is 25.8 Å². The molecule has 1 saturated heterocycles. The fourth-order valence-electron chi connectivity index (χ4n) is 15.0. The molecular formula is C51H74O13. The summed E-state index contributed by atoms with van der Waals surface area (Å²) in [6.07, 6.45) is 11.6. The second kappa shape index (κ2) is 18.2. The van der Waals surface area contributed by atoms with Gasteiger partial charge in [-0.15, -0.1) is 0 Å². The van der Waals surface area contributed by atoms with Crippen LogP contribution in [0.4, 0.5) is 0 Å². The molecule has 17 atom stereocenters. The zero-order chi connectivity index (χ0) is 47.9. The van der Waals surface area contributed by atoms with Gasteiger partial charge in [0, 0.05) is 39.9 Å². The highest BCUT2D eigenvalue weighted by Crippen LogP contribution is 2.70. The Labute approximate surface area is 381 Å². The number of carbonyl (C=O) groups excluding carboxylic acids is 5. The molecule has 0 aromatic carbocycles. The van der Waals surface area contributed by atoms with E-state index in [-0.39, 0.29) is 67.3 Å². The van der Waals surface area contributed by atoms with E-state index in [1.165, 1.54) is 0 Å². The van der Waals surface area contributed by atoms with Crippen LogP contribution in [0.1, 0.15) is 129 Å². The number of ketones is 4. The third kappa shape index (κ3) is 7.29. The van der Waals surface area contributed by atoms with E-state index in [0.29, 0.717) is 32.1 Å². The van der Waals surface area contributed by atoms with Crippen LogP contribution in [0, 0.1) is 57.2 Å². The summed E-state index contributed by atoms with van der Waals surface area (Å²) in [6.45, 7) is 10.2. The van der Waals surface area contributed by atoms with Gasteiger partial charge in [0.15, 0.2) is 40.6 Å². The number of ether oxygens (including phenoxy) is 2. The van der Waals surface area contributed by atoms with Gasteiger partial charge in [0.2, 0.25) is 0 Å². The number of hydrogen-bond donors (Lipinski definition) is 6. The molecule has 356 valence electrons. The van der Waals surface area contributed by atoms with Gasteiger partial charge in [-0.25, -0.2) is 0 Å². The molecule has 13 nitrogen and oxygen atoms in total. The van der Waals surface area contributed by atoms with Crippen LogP contribution in [0.3, 0.4) is 0 Å². The maximum absolute atomic E-state index is 13.3. The molecule has 13 heteroatoms. The van der Waals surface area contributed by atoms with Crippen LogP contribution in [-0.2, 0) is 33.4 Å². The van der Waals surface area contributed by atoms with Crippen molar-refractivity contribution in [2.75, 3.05) is 13.2 Å². The largest absolute Gasteiger partial charge is 0.393 e. The van der Waals surface area contributed by atoms with Crippen LogP contribution < -0.4 is 0 Å². The van der Waals surface area contributed by atoms with Crippen molar-refractivity contribution in [2.24, 2.45) is 57.2 Å². The first-order chi connectivity index (χ1) is 30.4. The van der Waals surface area contributed by atoms with Crippen LogP contribution in [-0.4, -0.2) is 115 Å². The van der Waals surface area contributed by atoms with E-state index >= 15 is 0 Å². The maximum Gasteiger partial charge on any atom is 0.193 e. The van der Waals surface area contributed by atoms with Crippen LogP contribution in [0.15, 0.2) is 47.6 Å². The summed E-state index contributed by atoms with van der Waals surface area (Å²) >= 11 is 0. The van der Waals surface area contributed by atoms with E-state index in [1.807, 2.05) is 39.8 Å². The molecule has 0 unspecified atom stereocenters. The molecular weight excluding hydrogens is 821 g/mol. The average molecular weight is 897 g/mol. The lowest BCUT2D eigenvalue weighted by atomic mass is 9.46. The molecule has 1 aliphatic heterocycles. The number of allylic oxidation sites excluding steroid dienone is 8. The predicted octanol–water partition coefficient (Wildman–Crippen LogP) is 4.87. The van der Waals surface area contributed by atoms with Gasteiger partial charge < -0.3 is 44.9 Å². The van der Waals surface area contributed by atoms with Crippen molar-refractivity contribution in [3.8, 4) is 0 Å². The fourth-order valence-corrected chi connectivity index (χ4v) is 15.0. The first-order valence-corrected chi connectivity index (χ1v) is 23.2. The molecule has 0 amide bonds. The number of fused-ring (bicyclic) bond motifs is 12. The van der Waals surface area contributed by atoms with Crippen molar-refractivity contribution in [1.29, 1.82) is 0 Å². The van der Waals surface area contributed by atoms with Gasteiger partial charge in [0.1, 0.15) is 20.8 Å². The first kappa shape index (κ1) is 47.5. The van der Waals surface area contributed by atoms with Gasteiger partial charge in [0.25, 0.3) is 0 Å². The van der Waals surface area contributed by atoms with Crippen molar-refractivity contribution < 1.29 is 66.8 Å². The number of rotatable bonds is 8. The van der Waals surface area contributed by atoms with Gasteiger partial charge in [-0.2, -0.15) is 0 Å². The van der Waals surface area contributed by atoms with Crippen LogP contribution in [0.5, 0.6) is 0 Å². The Balaban J connectivity index is 0.000000194. The third-order valence-electron chi connectivity index (χ3n) is 17.9. The lowest BCUT2D eigenvalue weighted by molar-refractivity contribution is -0.200. The summed E-state index contributed by atoms with van der Waals surface area (Å²) in [5.41, 5.74) is -3.96. The Morgan fingerprint density at radius 3 is 1.77 bits per heavy atom. The lowest BCUT2D eigenvalue weighted by Crippen LogP contribution is -2.63. The van der Waals surface area contributed by atoms with Crippen molar-refractivity contribution in [2.45, 2.75) is 168 Å². The Bertz CT molecular complexity index is 2080. The van der Waals surface area contributed by atoms with Crippen molar-refractivity contribution in [1.82, 2.24) is 0 Å². The fraction of sp³-hybridized carbons (Fsp3) is 0.745. The molecule has 8 aliphatic carbocycles. The van der Waals surface area contributed by atoms with E-state index in [9.17, 15) is 54.6 Å². The highest BCUT2D eigenvalue weighted by atomic mass is 16.7. The van der Waals surface area contributed by atoms with E-state index in [1.54, 1.807) is 31.2 Å². The SMILES string of the molecule is C.C[C@]12C=CC(=O)C=C1CC[C@@H]1[C@@H]2[C@@H](O)C[C@@]2(C)[C@H]1C[C@@H](O)[C@]2(O)C(=O)CO.[2H]C(=O)CCC.[2H][C@@]1(CCC)O[C@@H]2C[C@H]3[C@@H]4CCC5=CC(=O)C=C[C@]5(C)[C@H]4[C@@H](O)C[C@]3(C)[C@]2(C(=O)CO)O1. The normalized spacial score (nSPS) is 48.2. The molecule has 1 heterocycles. The molecule has 9 aliphatic rings. The number of aliphatic hydroxyl groups is 6. The summed E-state index contributed by atoms with van der Waals surface area (Å²) in [5, 5.41) is 63.8. The van der Waals surface area contributed by atoms with E-state index < -0.39 is 94.6 Å². The first-order valence-electron chi connectivity index (χ1n) is 24.2. The summed E-state index contributed by atoms with van der Waals surface area (Å²) in [4.78, 5) is 59.2. The molecule has 0 aromatic heterocycles. The minimum Gasteiger partial charge on any atom is -0.393 e. The zero-order valence-corrected chi connectivity index (χ0v) is 37.7. The summed E-state index contributed by atoms with van der Waals surface area (Å²) in [7, 11) is 0. The van der Waals surface area contributed by atoms with Crippen molar-refractivity contribution in [3.63, 3.8) is 0 Å². The molecule has 9 rings (SSSR count). The monoisotopic (exact) mass is 897 g/mol. The number of aliphatic hydroxyl groups excluding tert-OH is 5. The summed E-state index contributed by atoms with van der Waals surface area (Å²) in [6, 6.07) is 0. The highest BCUT2D eigenvalue weighted by molar-refractivity contribution is 6.01. The van der Waals surface area contributed by atoms with Crippen LogP contribution in [0.2, 0.25) is 0 Å². The predicted molar refractivity (Wildman–Crippen MR) is 237 cm³/mol. The topological polar surface area (TPSA) is 225 Å². The Morgan fingerprint density at radius 1 is 0.812 bits per heavy atom. The summed E-state index contributed by atoms with van der Waals surface area (Å²) < 4.78 is 27.4. The van der Waals surface area contributed by atoms with Crippen LogP contribution >= 0.6 is 0 Å². The minimum atomic E-state index is -2.05. The highest BCUT2D eigenvalue weighted by Gasteiger charge is 2.76. The van der Waals surface area contributed by atoms with Crippen molar-refractivity contribution in [3.05, 3.63) is 47.6 Å². The molecule has 7 fully saturated rings. The number of aldehydes is 1. The second-order valence-corrected chi connectivity index (χ2v) is 20.8. The molecule has 6 saturated carbocycles. The number of hydrogen-bond acceptors (Lipinski definition) is 13. The average Bonchev–Trinajstić information content (AvgIpc) is 3.75. The molecule has 0 radical (unpaired) electrons.